The van der Waals surface area contributed by atoms with E-state index in [4.69, 9.17) is 4.42 Å². The van der Waals surface area contributed by atoms with Crippen LogP contribution in [0.25, 0.3) is 0 Å². The van der Waals surface area contributed by atoms with Crippen LogP contribution in [0.1, 0.15) is 41.0 Å². The summed E-state index contributed by atoms with van der Waals surface area (Å²) >= 11 is 1.70. The van der Waals surface area contributed by atoms with Gasteiger partial charge in [-0.2, -0.15) is 0 Å². The lowest BCUT2D eigenvalue weighted by Gasteiger charge is -2.37. The quantitative estimate of drug-likeness (QED) is 0.853. The molecule has 6 heteroatoms. The zero-order valence-corrected chi connectivity index (χ0v) is 12.4. The molecule has 5 nitrogen and oxygen atoms in total. The molecule has 0 aliphatic carbocycles. The van der Waals surface area contributed by atoms with Gasteiger partial charge < -0.3 is 9.32 Å². The number of oxazole rings is 1. The van der Waals surface area contributed by atoms with Crippen LogP contribution in [-0.2, 0) is 5.41 Å². The number of rotatable bonds is 2. The van der Waals surface area contributed by atoms with Crippen molar-refractivity contribution in [2.24, 2.45) is 0 Å². The van der Waals surface area contributed by atoms with Crippen LogP contribution >= 0.6 is 11.3 Å². The second-order valence-corrected chi connectivity index (χ2v) is 6.35. The summed E-state index contributed by atoms with van der Waals surface area (Å²) in [5, 5.41) is 3.18. The number of aromatic nitrogens is 2. The fourth-order valence-corrected chi connectivity index (χ4v) is 3.45. The summed E-state index contributed by atoms with van der Waals surface area (Å²) in [7, 11) is 0. The monoisotopic (exact) mass is 291 g/mol. The Balaban J connectivity index is 1.70. The lowest BCUT2D eigenvalue weighted by atomic mass is 9.81. The largest absolute Gasteiger partial charge is 0.438 e. The number of amides is 1. The molecule has 106 valence electrons. The molecule has 0 radical (unpaired) electrons. The third kappa shape index (κ3) is 2.24. The molecular formula is C14H17N3O2S. The summed E-state index contributed by atoms with van der Waals surface area (Å²) in [5.74, 6) is 0.309. The Hall–Kier alpha value is -1.69. The molecule has 3 rings (SSSR count). The van der Waals surface area contributed by atoms with Crippen molar-refractivity contribution in [3.8, 4) is 0 Å². The molecule has 0 spiro atoms. The van der Waals surface area contributed by atoms with Gasteiger partial charge in [-0.05, 0) is 19.8 Å². The van der Waals surface area contributed by atoms with Crippen LogP contribution in [0, 0.1) is 6.92 Å². The molecule has 1 fully saturated rings. The zero-order chi connectivity index (χ0) is 14.2. The predicted octanol–water partition coefficient (Wildman–Crippen LogP) is 2.63. The molecule has 2 aromatic heterocycles. The summed E-state index contributed by atoms with van der Waals surface area (Å²) in [6.07, 6.45) is 5.03. The molecule has 1 aliphatic heterocycles. The number of carbonyl (C=O) groups excluding carboxylic acids is 1. The Morgan fingerprint density at radius 2 is 2.15 bits per heavy atom. The van der Waals surface area contributed by atoms with Crippen LogP contribution < -0.4 is 0 Å². The molecular weight excluding hydrogens is 274 g/mol. The number of nitrogens with zero attached hydrogens (tertiary/aromatic N) is 3. The predicted molar refractivity (Wildman–Crippen MR) is 75.8 cm³/mol. The van der Waals surface area contributed by atoms with Crippen LogP contribution in [0.5, 0.6) is 0 Å². The SMILES string of the molecule is Cc1ncoc1C(=O)N1CCC(C)(c2nccs2)CC1. The highest BCUT2D eigenvalue weighted by Crippen LogP contribution is 2.36. The van der Waals surface area contributed by atoms with E-state index in [0.717, 1.165) is 25.9 Å². The highest BCUT2D eigenvalue weighted by Gasteiger charge is 2.36. The van der Waals surface area contributed by atoms with Gasteiger partial charge in [0.1, 0.15) is 0 Å². The van der Waals surface area contributed by atoms with Crippen LogP contribution in [-0.4, -0.2) is 33.9 Å². The van der Waals surface area contributed by atoms with E-state index in [9.17, 15) is 4.79 Å². The molecule has 0 aromatic carbocycles. The van der Waals surface area contributed by atoms with Crippen molar-refractivity contribution in [2.45, 2.75) is 32.1 Å². The van der Waals surface area contributed by atoms with Crippen molar-refractivity contribution >= 4 is 17.2 Å². The molecule has 2 aromatic rings. The molecule has 0 saturated carbocycles. The van der Waals surface area contributed by atoms with Crippen LogP contribution in [0.2, 0.25) is 0 Å². The van der Waals surface area contributed by atoms with Crippen molar-refractivity contribution in [1.82, 2.24) is 14.9 Å². The summed E-state index contributed by atoms with van der Waals surface area (Å²) in [6.45, 7) is 5.48. The van der Waals surface area contributed by atoms with Gasteiger partial charge in [0.25, 0.3) is 5.91 Å². The molecule has 0 N–H and O–H groups in total. The van der Waals surface area contributed by atoms with Gasteiger partial charge in [-0.15, -0.1) is 11.3 Å². The van der Waals surface area contributed by atoms with Crippen molar-refractivity contribution in [2.75, 3.05) is 13.1 Å². The highest BCUT2D eigenvalue weighted by atomic mass is 32.1. The number of hydrogen-bond acceptors (Lipinski definition) is 5. The van der Waals surface area contributed by atoms with Crippen molar-refractivity contribution in [1.29, 1.82) is 0 Å². The van der Waals surface area contributed by atoms with E-state index < -0.39 is 0 Å². The normalized spacial score (nSPS) is 18.2. The van der Waals surface area contributed by atoms with E-state index in [1.807, 2.05) is 16.5 Å². The zero-order valence-electron chi connectivity index (χ0n) is 11.6. The maximum Gasteiger partial charge on any atom is 0.291 e. The number of hydrogen-bond donors (Lipinski definition) is 0. The van der Waals surface area contributed by atoms with Gasteiger partial charge >= 0.3 is 0 Å². The standard InChI is InChI=1S/C14H17N3O2S/c1-10-11(19-9-16-10)12(18)17-6-3-14(2,4-7-17)13-15-5-8-20-13/h5,8-9H,3-4,6-7H2,1-2H3. The topological polar surface area (TPSA) is 59.2 Å². The average Bonchev–Trinajstić information content (AvgIpc) is 3.10. The van der Waals surface area contributed by atoms with Crippen molar-refractivity contribution in [3.05, 3.63) is 34.4 Å². The van der Waals surface area contributed by atoms with E-state index in [1.165, 1.54) is 11.4 Å². The first-order valence-corrected chi connectivity index (χ1v) is 7.57. The van der Waals surface area contributed by atoms with Crippen molar-refractivity contribution in [3.63, 3.8) is 0 Å². The van der Waals surface area contributed by atoms with E-state index in [-0.39, 0.29) is 11.3 Å². The summed E-state index contributed by atoms with van der Waals surface area (Å²) in [5.41, 5.74) is 0.741. The summed E-state index contributed by atoms with van der Waals surface area (Å²) in [6, 6.07) is 0. The lowest BCUT2D eigenvalue weighted by Crippen LogP contribution is -2.44. The van der Waals surface area contributed by atoms with Crippen LogP contribution in [0.4, 0.5) is 0 Å². The van der Waals surface area contributed by atoms with Gasteiger partial charge in [-0.3, -0.25) is 4.79 Å². The molecule has 1 aliphatic rings. The maximum atomic E-state index is 12.4. The fraction of sp³-hybridized carbons (Fsp3) is 0.500. The van der Waals surface area contributed by atoms with E-state index in [2.05, 4.69) is 16.9 Å². The number of carbonyl (C=O) groups is 1. The minimum absolute atomic E-state index is 0.0545. The Morgan fingerprint density at radius 3 is 2.70 bits per heavy atom. The Bertz CT molecular complexity index is 598. The molecule has 1 amide bonds. The molecule has 1 saturated heterocycles. The number of thiazole rings is 1. The lowest BCUT2D eigenvalue weighted by molar-refractivity contribution is 0.0643. The van der Waals surface area contributed by atoms with Crippen LogP contribution in [0.15, 0.2) is 22.4 Å². The smallest absolute Gasteiger partial charge is 0.291 e. The first-order valence-electron chi connectivity index (χ1n) is 6.69. The second-order valence-electron chi connectivity index (χ2n) is 5.46. The molecule has 0 unspecified atom stereocenters. The molecule has 0 atom stereocenters. The highest BCUT2D eigenvalue weighted by molar-refractivity contribution is 7.09. The summed E-state index contributed by atoms with van der Waals surface area (Å²) < 4.78 is 5.19. The third-order valence-corrected chi connectivity index (χ3v) is 5.12. The Labute approximate surface area is 121 Å². The van der Waals surface area contributed by atoms with E-state index in [1.54, 1.807) is 18.3 Å². The number of likely N-dealkylation sites (tertiary alicyclic amines) is 1. The maximum absolute atomic E-state index is 12.4. The fourth-order valence-electron chi connectivity index (χ4n) is 2.59. The second kappa shape index (κ2) is 5.01. The Morgan fingerprint density at radius 1 is 1.40 bits per heavy atom. The first-order chi connectivity index (χ1) is 9.60. The number of aryl methyl sites for hydroxylation is 1. The minimum Gasteiger partial charge on any atom is -0.438 e. The third-order valence-electron chi connectivity index (χ3n) is 4.04. The average molecular weight is 291 g/mol. The number of piperidine rings is 1. The van der Waals surface area contributed by atoms with Gasteiger partial charge in [-0.25, -0.2) is 9.97 Å². The minimum atomic E-state index is -0.0545. The van der Waals surface area contributed by atoms with Crippen LogP contribution in [0.3, 0.4) is 0 Å². The Kier molecular flexibility index (Phi) is 3.33. The summed E-state index contributed by atoms with van der Waals surface area (Å²) in [4.78, 5) is 22.6. The van der Waals surface area contributed by atoms with Gasteiger partial charge in [0.2, 0.25) is 5.76 Å². The first kappa shape index (κ1) is 13.3. The van der Waals surface area contributed by atoms with E-state index >= 15 is 0 Å². The van der Waals surface area contributed by atoms with Gasteiger partial charge in [0, 0.05) is 30.1 Å². The molecule has 3 heterocycles. The van der Waals surface area contributed by atoms with Gasteiger partial charge in [-0.1, -0.05) is 6.92 Å². The molecule has 0 bridgehead atoms. The molecule has 20 heavy (non-hydrogen) atoms. The van der Waals surface area contributed by atoms with Gasteiger partial charge in [0.05, 0.1) is 10.7 Å². The van der Waals surface area contributed by atoms with Crippen molar-refractivity contribution < 1.29 is 9.21 Å². The van der Waals surface area contributed by atoms with Gasteiger partial charge in [0.15, 0.2) is 6.39 Å². The van der Waals surface area contributed by atoms with E-state index in [0.29, 0.717) is 11.5 Å².